The van der Waals surface area contributed by atoms with Gasteiger partial charge < -0.3 is 5.73 Å². The Balaban J connectivity index is 2.47. The summed E-state index contributed by atoms with van der Waals surface area (Å²) in [6.45, 7) is 0. The number of nitrogens with zero attached hydrogens (tertiary/aromatic N) is 1. The fraction of sp³-hybridized carbons (Fsp3) is 0.286. The molecule has 1 aliphatic rings. The molecule has 2 unspecified atom stereocenters. The predicted octanol–water partition coefficient (Wildman–Crippen LogP) is 0.146. The number of rotatable bonds is 0. The van der Waals surface area contributed by atoms with Crippen LogP contribution in [0.5, 0.6) is 0 Å². The van der Waals surface area contributed by atoms with Crippen molar-refractivity contribution in [2.24, 2.45) is 5.73 Å². The van der Waals surface area contributed by atoms with Gasteiger partial charge in [-0.2, -0.15) is 0 Å². The Bertz CT molecular complexity index is 279. The van der Waals surface area contributed by atoms with Crippen LogP contribution in [0, 0.1) is 0 Å². The predicted molar refractivity (Wildman–Crippen MR) is 49.4 cm³/mol. The summed E-state index contributed by atoms with van der Waals surface area (Å²) in [5.74, 6) is 0. The molecule has 11 heavy (non-hydrogen) atoms. The van der Waals surface area contributed by atoms with Gasteiger partial charge in [-0.05, 0) is 11.2 Å². The van der Waals surface area contributed by atoms with Gasteiger partial charge in [0.15, 0.2) is 0 Å². The first-order chi connectivity index (χ1) is 5.29. The van der Waals surface area contributed by atoms with E-state index in [9.17, 15) is 0 Å². The van der Waals surface area contributed by atoms with E-state index in [-0.39, 0.29) is 6.04 Å². The largest absolute Gasteiger partial charge is 0.324 e. The zero-order chi connectivity index (χ0) is 7.84. The Morgan fingerprint density at radius 1 is 1.64 bits per heavy atom. The SMILES string of the molecule is BC1Sc2ccncc2C1N. The van der Waals surface area contributed by atoms with Crippen molar-refractivity contribution in [1.29, 1.82) is 0 Å². The molecule has 0 fully saturated rings. The van der Waals surface area contributed by atoms with E-state index in [1.807, 2.05) is 30.2 Å². The minimum absolute atomic E-state index is 0.170. The van der Waals surface area contributed by atoms with Gasteiger partial charge in [0.25, 0.3) is 0 Å². The fourth-order valence-corrected chi connectivity index (χ4v) is 2.44. The minimum Gasteiger partial charge on any atom is -0.324 e. The van der Waals surface area contributed by atoms with Crippen LogP contribution in [0.3, 0.4) is 0 Å². The second-order valence-electron chi connectivity index (χ2n) is 2.76. The lowest BCUT2D eigenvalue weighted by atomic mass is 9.93. The first-order valence-corrected chi connectivity index (χ1v) is 4.53. The van der Waals surface area contributed by atoms with E-state index in [2.05, 4.69) is 12.8 Å². The normalized spacial score (nSPS) is 28.5. The molecule has 4 heteroatoms. The minimum atomic E-state index is 0.170. The molecular weight excluding hydrogens is 155 g/mol. The van der Waals surface area contributed by atoms with Gasteiger partial charge in [-0.3, -0.25) is 4.98 Å². The number of fused-ring (bicyclic) bond motifs is 1. The maximum atomic E-state index is 5.93. The van der Waals surface area contributed by atoms with Gasteiger partial charge in [0.2, 0.25) is 0 Å². The van der Waals surface area contributed by atoms with Crippen molar-refractivity contribution in [2.75, 3.05) is 0 Å². The van der Waals surface area contributed by atoms with Crippen molar-refractivity contribution >= 4 is 19.6 Å². The van der Waals surface area contributed by atoms with Gasteiger partial charge >= 0.3 is 0 Å². The summed E-state index contributed by atoms with van der Waals surface area (Å²) in [7, 11) is 2.15. The molecule has 1 aromatic heterocycles. The Hall–Kier alpha value is -0.475. The smallest absolute Gasteiger partial charge is 0.121 e. The summed E-state index contributed by atoms with van der Waals surface area (Å²) in [5.41, 5.74) is 7.13. The van der Waals surface area contributed by atoms with Crippen molar-refractivity contribution in [3.8, 4) is 0 Å². The molecule has 0 spiro atoms. The third-order valence-corrected chi connectivity index (χ3v) is 3.28. The lowest BCUT2D eigenvalue weighted by molar-refractivity contribution is 0.792. The van der Waals surface area contributed by atoms with Crippen LogP contribution in [0.2, 0.25) is 0 Å². The van der Waals surface area contributed by atoms with Crippen LogP contribution in [0.25, 0.3) is 0 Å². The molecule has 0 aromatic carbocycles. The second kappa shape index (κ2) is 2.53. The third kappa shape index (κ3) is 1.06. The highest BCUT2D eigenvalue weighted by Gasteiger charge is 2.26. The summed E-state index contributed by atoms with van der Waals surface area (Å²) >= 11 is 1.83. The molecule has 0 amide bonds. The lowest BCUT2D eigenvalue weighted by Gasteiger charge is -2.06. The topological polar surface area (TPSA) is 38.9 Å². The van der Waals surface area contributed by atoms with Crippen molar-refractivity contribution < 1.29 is 0 Å². The molecule has 2 rings (SSSR count). The zero-order valence-electron chi connectivity index (χ0n) is 6.32. The molecule has 1 aliphatic heterocycles. The second-order valence-corrected chi connectivity index (χ2v) is 4.18. The molecule has 2 heterocycles. The van der Waals surface area contributed by atoms with Crippen LogP contribution in [0.4, 0.5) is 0 Å². The summed E-state index contributed by atoms with van der Waals surface area (Å²) in [6.07, 6.45) is 3.69. The summed E-state index contributed by atoms with van der Waals surface area (Å²) in [5, 5.41) is 0.495. The summed E-state index contributed by atoms with van der Waals surface area (Å²) < 4.78 is 0. The van der Waals surface area contributed by atoms with Crippen LogP contribution < -0.4 is 5.73 Å². The molecule has 0 saturated heterocycles. The highest BCUT2D eigenvalue weighted by molar-refractivity contribution is 8.01. The van der Waals surface area contributed by atoms with Crippen LogP contribution >= 0.6 is 11.8 Å². The van der Waals surface area contributed by atoms with Crippen molar-refractivity contribution in [1.82, 2.24) is 4.98 Å². The van der Waals surface area contributed by atoms with E-state index >= 15 is 0 Å². The van der Waals surface area contributed by atoms with Gasteiger partial charge in [-0.15, -0.1) is 11.8 Å². The first kappa shape index (κ1) is 7.19. The van der Waals surface area contributed by atoms with Gasteiger partial charge in [0.1, 0.15) is 7.85 Å². The molecule has 0 saturated carbocycles. The van der Waals surface area contributed by atoms with E-state index in [1.165, 1.54) is 10.5 Å². The first-order valence-electron chi connectivity index (χ1n) is 3.65. The zero-order valence-corrected chi connectivity index (χ0v) is 7.14. The quantitative estimate of drug-likeness (QED) is 0.554. The summed E-state index contributed by atoms with van der Waals surface area (Å²) in [4.78, 5) is 5.34. The summed E-state index contributed by atoms with van der Waals surface area (Å²) in [6, 6.07) is 2.20. The average Bonchev–Trinajstić information content (AvgIpc) is 2.30. The molecule has 0 radical (unpaired) electrons. The van der Waals surface area contributed by atoms with Gasteiger partial charge in [0, 0.05) is 28.9 Å². The molecule has 2 atom stereocenters. The molecule has 2 nitrogen and oxygen atoms in total. The van der Waals surface area contributed by atoms with E-state index in [0.29, 0.717) is 5.15 Å². The maximum absolute atomic E-state index is 5.93. The van der Waals surface area contributed by atoms with E-state index in [1.54, 1.807) is 0 Å². The number of hydrogen-bond donors (Lipinski definition) is 1. The Morgan fingerprint density at radius 3 is 3.18 bits per heavy atom. The molecule has 56 valence electrons. The lowest BCUT2D eigenvalue weighted by Crippen LogP contribution is -2.18. The third-order valence-electron chi connectivity index (χ3n) is 1.99. The van der Waals surface area contributed by atoms with Crippen LogP contribution in [0.15, 0.2) is 23.4 Å². The maximum Gasteiger partial charge on any atom is 0.121 e. The Kier molecular flexibility index (Phi) is 1.66. The van der Waals surface area contributed by atoms with Crippen molar-refractivity contribution in [2.45, 2.75) is 16.1 Å². The number of hydrogen-bond acceptors (Lipinski definition) is 3. The molecule has 1 aromatic rings. The van der Waals surface area contributed by atoms with Crippen molar-refractivity contribution in [3.63, 3.8) is 0 Å². The standard InChI is InChI=1S/C7H9BN2S/c8-7-6(9)4-3-10-2-1-5(4)11-7/h1-3,6-7H,8-9H2. The molecular formula is C7H9BN2S. The van der Waals surface area contributed by atoms with E-state index < -0.39 is 0 Å². The van der Waals surface area contributed by atoms with Crippen LogP contribution in [0.1, 0.15) is 11.6 Å². The van der Waals surface area contributed by atoms with E-state index in [4.69, 9.17) is 5.73 Å². The Labute approximate surface area is 71.0 Å². The highest BCUT2D eigenvalue weighted by atomic mass is 32.2. The van der Waals surface area contributed by atoms with Crippen LogP contribution in [-0.4, -0.2) is 18.0 Å². The van der Waals surface area contributed by atoms with Crippen molar-refractivity contribution in [3.05, 3.63) is 24.0 Å². The van der Waals surface area contributed by atoms with E-state index in [0.717, 1.165) is 0 Å². The fourth-order valence-electron chi connectivity index (χ4n) is 1.28. The van der Waals surface area contributed by atoms with Gasteiger partial charge in [-0.25, -0.2) is 0 Å². The number of aromatic nitrogens is 1. The van der Waals surface area contributed by atoms with Crippen LogP contribution in [-0.2, 0) is 0 Å². The highest BCUT2D eigenvalue weighted by Crippen LogP contribution is 2.40. The molecule has 2 N–H and O–H groups in total. The number of thioether (sulfide) groups is 1. The van der Waals surface area contributed by atoms with Gasteiger partial charge in [-0.1, -0.05) is 0 Å². The number of nitrogens with two attached hydrogens (primary N) is 1. The molecule has 0 aliphatic carbocycles. The Morgan fingerprint density at radius 2 is 2.45 bits per heavy atom. The van der Waals surface area contributed by atoms with Gasteiger partial charge in [0.05, 0.1) is 0 Å². The molecule has 0 bridgehead atoms. The monoisotopic (exact) mass is 164 g/mol. The average molecular weight is 164 g/mol. The number of pyridine rings is 1.